The van der Waals surface area contributed by atoms with E-state index in [1.54, 1.807) is 11.6 Å². The number of carbonyl (C=O) groups is 1. The molecule has 0 saturated heterocycles. The lowest BCUT2D eigenvalue weighted by atomic mass is 10.1. The van der Waals surface area contributed by atoms with Crippen molar-refractivity contribution < 1.29 is 9.90 Å². The van der Waals surface area contributed by atoms with Crippen LogP contribution in [0.3, 0.4) is 0 Å². The summed E-state index contributed by atoms with van der Waals surface area (Å²) in [6.07, 6.45) is 5.53. The van der Waals surface area contributed by atoms with Gasteiger partial charge in [-0.15, -0.1) is 11.3 Å². The SMILES string of the molecule is Cn1cc(CCCNC(=O)NCC(C)(O)c2cccs2)cn1. The second-order valence-corrected chi connectivity index (χ2v) is 6.43. The molecule has 22 heavy (non-hydrogen) atoms. The lowest BCUT2D eigenvalue weighted by Crippen LogP contribution is -2.43. The summed E-state index contributed by atoms with van der Waals surface area (Å²) in [7, 11) is 1.88. The first-order valence-electron chi connectivity index (χ1n) is 7.23. The number of nitrogens with one attached hydrogen (secondary N) is 2. The molecule has 0 bridgehead atoms. The second kappa shape index (κ2) is 7.42. The van der Waals surface area contributed by atoms with Gasteiger partial charge in [-0.1, -0.05) is 6.07 Å². The second-order valence-electron chi connectivity index (χ2n) is 5.49. The normalized spacial score (nSPS) is 13.6. The molecule has 120 valence electrons. The molecule has 0 fully saturated rings. The minimum atomic E-state index is -1.04. The number of aliphatic hydroxyl groups is 1. The van der Waals surface area contributed by atoms with E-state index in [-0.39, 0.29) is 12.6 Å². The monoisotopic (exact) mass is 322 g/mol. The molecule has 0 aliphatic rings. The highest BCUT2D eigenvalue weighted by Crippen LogP contribution is 2.24. The molecule has 0 saturated carbocycles. The van der Waals surface area contributed by atoms with Crippen LogP contribution in [0.15, 0.2) is 29.9 Å². The standard InChI is InChI=1S/C15H22N4O2S/c1-15(21,13-6-4-8-22-13)11-17-14(20)16-7-3-5-12-9-18-19(2)10-12/h4,6,8-10,21H,3,5,7,11H2,1-2H3,(H2,16,17,20). The Labute approximate surface area is 134 Å². The van der Waals surface area contributed by atoms with Gasteiger partial charge >= 0.3 is 6.03 Å². The van der Waals surface area contributed by atoms with Gasteiger partial charge in [0.2, 0.25) is 0 Å². The molecule has 0 aromatic carbocycles. The molecule has 1 unspecified atom stereocenters. The van der Waals surface area contributed by atoms with Gasteiger partial charge < -0.3 is 15.7 Å². The van der Waals surface area contributed by atoms with Crippen molar-refractivity contribution >= 4 is 17.4 Å². The fourth-order valence-electron chi connectivity index (χ4n) is 2.08. The molecule has 2 aromatic heterocycles. The van der Waals surface area contributed by atoms with Crippen LogP contribution < -0.4 is 10.6 Å². The zero-order valence-corrected chi connectivity index (χ0v) is 13.7. The van der Waals surface area contributed by atoms with Gasteiger partial charge in [0, 0.05) is 24.7 Å². The van der Waals surface area contributed by atoms with Crippen LogP contribution in [0.5, 0.6) is 0 Å². The third kappa shape index (κ3) is 4.85. The van der Waals surface area contributed by atoms with Crippen LogP contribution in [0.2, 0.25) is 0 Å². The van der Waals surface area contributed by atoms with Gasteiger partial charge in [-0.05, 0) is 36.8 Å². The van der Waals surface area contributed by atoms with Crippen LogP contribution in [-0.4, -0.2) is 34.0 Å². The molecule has 0 radical (unpaired) electrons. The topological polar surface area (TPSA) is 79.2 Å². The summed E-state index contributed by atoms with van der Waals surface area (Å²) >= 11 is 1.47. The van der Waals surface area contributed by atoms with Crippen molar-refractivity contribution in [1.82, 2.24) is 20.4 Å². The predicted octanol–water partition coefficient (Wildman–Crippen LogP) is 1.62. The largest absolute Gasteiger partial charge is 0.383 e. The van der Waals surface area contributed by atoms with Crippen LogP contribution in [0.4, 0.5) is 4.79 Å². The minimum absolute atomic E-state index is 0.182. The van der Waals surface area contributed by atoms with Crippen molar-refractivity contribution in [1.29, 1.82) is 0 Å². The summed E-state index contributed by atoms with van der Waals surface area (Å²) in [5, 5.41) is 21.8. The number of rotatable bonds is 7. The number of thiophene rings is 1. The summed E-state index contributed by atoms with van der Waals surface area (Å²) < 4.78 is 1.77. The Morgan fingerprint density at radius 3 is 2.95 bits per heavy atom. The van der Waals surface area contributed by atoms with Crippen molar-refractivity contribution in [3.63, 3.8) is 0 Å². The molecular formula is C15H22N4O2S. The van der Waals surface area contributed by atoms with Gasteiger partial charge in [0.05, 0.1) is 12.7 Å². The Morgan fingerprint density at radius 1 is 1.50 bits per heavy atom. The quantitative estimate of drug-likeness (QED) is 0.678. The lowest BCUT2D eigenvalue weighted by Gasteiger charge is -2.22. The Morgan fingerprint density at radius 2 is 2.32 bits per heavy atom. The smallest absolute Gasteiger partial charge is 0.314 e. The highest BCUT2D eigenvalue weighted by atomic mass is 32.1. The summed E-state index contributed by atoms with van der Waals surface area (Å²) in [5.41, 5.74) is 0.117. The Hall–Kier alpha value is -1.86. The van der Waals surface area contributed by atoms with Gasteiger partial charge in [0.15, 0.2) is 0 Å². The number of hydrogen-bond acceptors (Lipinski definition) is 4. The molecular weight excluding hydrogens is 300 g/mol. The maximum Gasteiger partial charge on any atom is 0.314 e. The maximum atomic E-state index is 11.7. The summed E-state index contributed by atoms with van der Waals surface area (Å²) in [6, 6.07) is 3.48. The summed E-state index contributed by atoms with van der Waals surface area (Å²) in [5.74, 6) is 0. The number of hydrogen-bond donors (Lipinski definition) is 3. The van der Waals surface area contributed by atoms with E-state index in [9.17, 15) is 9.90 Å². The lowest BCUT2D eigenvalue weighted by molar-refractivity contribution is 0.0631. The van der Waals surface area contributed by atoms with E-state index in [1.165, 1.54) is 11.3 Å². The molecule has 0 aliphatic carbocycles. The molecule has 0 spiro atoms. The number of aromatic nitrogens is 2. The van der Waals surface area contributed by atoms with E-state index in [0.29, 0.717) is 6.54 Å². The molecule has 0 aliphatic heterocycles. The molecule has 3 N–H and O–H groups in total. The highest BCUT2D eigenvalue weighted by molar-refractivity contribution is 7.10. The van der Waals surface area contributed by atoms with Gasteiger partial charge in [-0.2, -0.15) is 5.10 Å². The van der Waals surface area contributed by atoms with Gasteiger partial charge in [0.1, 0.15) is 5.60 Å². The Bertz CT molecular complexity index is 592. The first-order valence-corrected chi connectivity index (χ1v) is 8.11. The average molecular weight is 322 g/mol. The van der Waals surface area contributed by atoms with E-state index >= 15 is 0 Å². The summed E-state index contributed by atoms with van der Waals surface area (Å²) in [4.78, 5) is 12.6. The van der Waals surface area contributed by atoms with Crippen LogP contribution in [0.1, 0.15) is 23.8 Å². The average Bonchev–Trinajstić information content (AvgIpc) is 3.13. The van der Waals surface area contributed by atoms with Crippen molar-refractivity contribution in [2.45, 2.75) is 25.4 Å². The first-order chi connectivity index (χ1) is 10.5. The third-order valence-electron chi connectivity index (χ3n) is 3.33. The van der Waals surface area contributed by atoms with Crippen molar-refractivity contribution in [3.8, 4) is 0 Å². The van der Waals surface area contributed by atoms with Gasteiger partial charge in [0.25, 0.3) is 0 Å². The Kier molecular flexibility index (Phi) is 5.57. The Balaban J connectivity index is 1.64. The minimum Gasteiger partial charge on any atom is -0.383 e. The van der Waals surface area contributed by atoms with E-state index in [1.807, 2.05) is 37.0 Å². The molecule has 2 aromatic rings. The number of urea groups is 1. The predicted molar refractivity (Wildman–Crippen MR) is 86.8 cm³/mol. The zero-order valence-electron chi connectivity index (χ0n) is 12.9. The molecule has 2 amide bonds. The van der Waals surface area contributed by atoms with Crippen molar-refractivity contribution in [2.24, 2.45) is 7.05 Å². The highest BCUT2D eigenvalue weighted by Gasteiger charge is 2.24. The van der Waals surface area contributed by atoms with E-state index in [2.05, 4.69) is 15.7 Å². The first kappa shape index (κ1) is 16.5. The van der Waals surface area contributed by atoms with Gasteiger partial charge in [-0.25, -0.2) is 4.79 Å². The maximum absolute atomic E-state index is 11.7. The molecule has 6 nitrogen and oxygen atoms in total. The fourth-order valence-corrected chi connectivity index (χ4v) is 2.87. The zero-order chi connectivity index (χ0) is 16.0. The van der Waals surface area contributed by atoms with Crippen LogP contribution in [0, 0.1) is 0 Å². The number of carbonyl (C=O) groups excluding carboxylic acids is 1. The van der Waals surface area contributed by atoms with E-state index in [4.69, 9.17) is 0 Å². The molecule has 2 rings (SSSR count). The number of amides is 2. The fraction of sp³-hybridized carbons (Fsp3) is 0.467. The van der Waals surface area contributed by atoms with Crippen LogP contribution >= 0.6 is 11.3 Å². The van der Waals surface area contributed by atoms with E-state index < -0.39 is 5.60 Å². The van der Waals surface area contributed by atoms with Crippen LogP contribution in [-0.2, 0) is 19.1 Å². The van der Waals surface area contributed by atoms with E-state index in [0.717, 1.165) is 23.3 Å². The van der Waals surface area contributed by atoms with Crippen molar-refractivity contribution in [2.75, 3.05) is 13.1 Å². The summed E-state index contributed by atoms with van der Waals surface area (Å²) in [6.45, 7) is 2.46. The molecule has 2 heterocycles. The number of nitrogens with zero attached hydrogens (tertiary/aromatic N) is 2. The molecule has 7 heteroatoms. The van der Waals surface area contributed by atoms with Crippen LogP contribution in [0.25, 0.3) is 0 Å². The number of aryl methyl sites for hydroxylation is 2. The van der Waals surface area contributed by atoms with Gasteiger partial charge in [-0.3, -0.25) is 4.68 Å². The molecule has 1 atom stereocenters. The van der Waals surface area contributed by atoms with Crippen molar-refractivity contribution in [3.05, 3.63) is 40.3 Å². The third-order valence-corrected chi connectivity index (χ3v) is 4.45.